The standard InChI is InChI=1S/C22H21ClN2O2/c1-22(27,15-24-21(26)25-20-13-11-19(23)12-14-20)18-9-7-17(8-10-18)16-5-3-2-4-6-16/h2-14,27H,15H2,1H3,(H2,24,25,26). The van der Waals surface area contributed by atoms with Crippen molar-refractivity contribution in [3.8, 4) is 11.1 Å². The molecule has 0 fully saturated rings. The van der Waals surface area contributed by atoms with Gasteiger partial charge in [-0.3, -0.25) is 0 Å². The Morgan fingerprint density at radius 2 is 1.52 bits per heavy atom. The molecule has 0 heterocycles. The first kappa shape index (κ1) is 19.0. The fourth-order valence-corrected chi connectivity index (χ4v) is 2.84. The predicted octanol–water partition coefficient (Wildman–Crippen LogP) is 5.04. The highest BCUT2D eigenvalue weighted by Gasteiger charge is 2.23. The molecule has 1 unspecified atom stereocenters. The van der Waals surface area contributed by atoms with Gasteiger partial charge in [-0.1, -0.05) is 66.2 Å². The summed E-state index contributed by atoms with van der Waals surface area (Å²) in [6.45, 7) is 1.75. The first-order chi connectivity index (χ1) is 12.9. The summed E-state index contributed by atoms with van der Waals surface area (Å²) in [6.07, 6.45) is 0. The smallest absolute Gasteiger partial charge is 0.319 e. The third kappa shape index (κ3) is 5.09. The molecule has 3 aromatic carbocycles. The van der Waals surface area contributed by atoms with Crippen LogP contribution in [0.15, 0.2) is 78.9 Å². The van der Waals surface area contributed by atoms with E-state index < -0.39 is 11.6 Å². The van der Waals surface area contributed by atoms with E-state index in [0.717, 1.165) is 16.7 Å². The van der Waals surface area contributed by atoms with Gasteiger partial charge < -0.3 is 15.7 Å². The minimum atomic E-state index is -1.19. The van der Waals surface area contributed by atoms with Gasteiger partial charge in [-0.15, -0.1) is 0 Å². The molecule has 3 N–H and O–H groups in total. The Morgan fingerprint density at radius 3 is 2.15 bits per heavy atom. The van der Waals surface area contributed by atoms with Crippen LogP contribution < -0.4 is 10.6 Å². The van der Waals surface area contributed by atoms with E-state index in [-0.39, 0.29) is 6.54 Å². The molecule has 0 aromatic heterocycles. The number of hydrogen-bond donors (Lipinski definition) is 3. The number of amides is 2. The van der Waals surface area contributed by atoms with Gasteiger partial charge in [0.15, 0.2) is 0 Å². The first-order valence-corrected chi connectivity index (χ1v) is 9.01. The summed E-state index contributed by atoms with van der Waals surface area (Å²) in [5, 5.41) is 16.7. The van der Waals surface area contributed by atoms with Crippen LogP contribution in [0.25, 0.3) is 11.1 Å². The van der Waals surface area contributed by atoms with E-state index in [2.05, 4.69) is 10.6 Å². The van der Waals surface area contributed by atoms with E-state index in [9.17, 15) is 9.90 Å². The van der Waals surface area contributed by atoms with E-state index >= 15 is 0 Å². The normalized spacial score (nSPS) is 12.9. The van der Waals surface area contributed by atoms with E-state index in [1.54, 1.807) is 31.2 Å². The van der Waals surface area contributed by atoms with Crippen LogP contribution >= 0.6 is 11.6 Å². The van der Waals surface area contributed by atoms with Gasteiger partial charge in [-0.2, -0.15) is 0 Å². The van der Waals surface area contributed by atoms with E-state index in [1.165, 1.54) is 0 Å². The summed E-state index contributed by atoms with van der Waals surface area (Å²) in [6, 6.07) is 24.1. The molecular formula is C22H21ClN2O2. The third-order valence-electron chi connectivity index (χ3n) is 4.31. The zero-order valence-corrected chi connectivity index (χ0v) is 15.7. The van der Waals surface area contributed by atoms with Crippen LogP contribution in [0.2, 0.25) is 5.02 Å². The summed E-state index contributed by atoms with van der Waals surface area (Å²) in [4.78, 5) is 12.0. The summed E-state index contributed by atoms with van der Waals surface area (Å²) in [5.41, 5.74) is 2.36. The van der Waals surface area contributed by atoms with Crippen molar-refractivity contribution in [2.45, 2.75) is 12.5 Å². The average molecular weight is 381 g/mol. The fourth-order valence-electron chi connectivity index (χ4n) is 2.72. The number of aliphatic hydroxyl groups is 1. The Kier molecular flexibility index (Phi) is 5.79. The molecule has 5 heteroatoms. The van der Waals surface area contributed by atoms with Crippen LogP contribution in [-0.2, 0) is 5.60 Å². The molecule has 0 radical (unpaired) electrons. The number of nitrogens with one attached hydrogen (secondary N) is 2. The molecule has 27 heavy (non-hydrogen) atoms. The Hall–Kier alpha value is -2.82. The molecule has 0 saturated carbocycles. The minimum absolute atomic E-state index is 0.0805. The second kappa shape index (κ2) is 8.25. The molecule has 1 atom stereocenters. The molecular weight excluding hydrogens is 360 g/mol. The number of urea groups is 1. The number of benzene rings is 3. The van der Waals surface area contributed by atoms with Crippen molar-refractivity contribution in [3.05, 3.63) is 89.4 Å². The number of hydrogen-bond acceptors (Lipinski definition) is 2. The van der Waals surface area contributed by atoms with Gasteiger partial charge in [0.25, 0.3) is 0 Å². The second-order valence-electron chi connectivity index (χ2n) is 6.53. The van der Waals surface area contributed by atoms with Crippen molar-refractivity contribution in [3.63, 3.8) is 0 Å². The van der Waals surface area contributed by atoms with Gasteiger partial charge in [0.2, 0.25) is 0 Å². The van der Waals surface area contributed by atoms with Gasteiger partial charge in [0, 0.05) is 10.7 Å². The Labute approximate surface area is 163 Å². The lowest BCUT2D eigenvalue weighted by molar-refractivity contribution is 0.0600. The highest BCUT2D eigenvalue weighted by Crippen LogP contribution is 2.25. The fraction of sp³-hybridized carbons (Fsp3) is 0.136. The lowest BCUT2D eigenvalue weighted by atomic mass is 9.94. The number of rotatable bonds is 5. The highest BCUT2D eigenvalue weighted by molar-refractivity contribution is 6.30. The van der Waals surface area contributed by atoms with Crippen molar-refractivity contribution in [1.82, 2.24) is 5.32 Å². The summed E-state index contributed by atoms with van der Waals surface area (Å²) < 4.78 is 0. The van der Waals surface area contributed by atoms with Crippen LogP contribution in [0.3, 0.4) is 0 Å². The first-order valence-electron chi connectivity index (χ1n) is 8.63. The minimum Gasteiger partial charge on any atom is -0.384 e. The second-order valence-corrected chi connectivity index (χ2v) is 6.97. The summed E-state index contributed by atoms with van der Waals surface area (Å²) in [7, 11) is 0. The van der Waals surface area contributed by atoms with Gasteiger partial charge in [-0.25, -0.2) is 4.79 Å². The lowest BCUT2D eigenvalue weighted by Gasteiger charge is -2.24. The molecule has 4 nitrogen and oxygen atoms in total. The molecule has 0 spiro atoms. The van der Waals surface area contributed by atoms with E-state index in [0.29, 0.717) is 10.7 Å². The molecule has 3 rings (SSSR count). The molecule has 0 saturated heterocycles. The average Bonchev–Trinajstić information content (AvgIpc) is 2.69. The number of anilines is 1. The third-order valence-corrected chi connectivity index (χ3v) is 4.56. The molecule has 138 valence electrons. The SMILES string of the molecule is CC(O)(CNC(=O)Nc1ccc(Cl)cc1)c1ccc(-c2ccccc2)cc1. The van der Waals surface area contributed by atoms with Crippen molar-refractivity contribution in [2.24, 2.45) is 0 Å². The Balaban J connectivity index is 1.60. The van der Waals surface area contributed by atoms with Gasteiger partial charge in [0.05, 0.1) is 6.54 Å². The largest absolute Gasteiger partial charge is 0.384 e. The zero-order chi connectivity index (χ0) is 19.3. The van der Waals surface area contributed by atoms with Gasteiger partial charge >= 0.3 is 6.03 Å². The maximum absolute atomic E-state index is 12.0. The van der Waals surface area contributed by atoms with Gasteiger partial charge in [0.1, 0.15) is 5.60 Å². The van der Waals surface area contributed by atoms with Crippen molar-refractivity contribution < 1.29 is 9.90 Å². The van der Waals surface area contributed by atoms with Crippen LogP contribution in [0.1, 0.15) is 12.5 Å². The highest BCUT2D eigenvalue weighted by atomic mass is 35.5. The van der Waals surface area contributed by atoms with Crippen LogP contribution in [-0.4, -0.2) is 17.7 Å². The predicted molar refractivity (Wildman–Crippen MR) is 110 cm³/mol. The van der Waals surface area contributed by atoms with Gasteiger partial charge in [-0.05, 0) is 47.9 Å². The number of halogens is 1. The summed E-state index contributed by atoms with van der Waals surface area (Å²) >= 11 is 5.83. The van der Waals surface area contributed by atoms with Crippen LogP contribution in [0.5, 0.6) is 0 Å². The molecule has 2 amide bonds. The Morgan fingerprint density at radius 1 is 0.926 bits per heavy atom. The molecule has 3 aromatic rings. The maximum atomic E-state index is 12.0. The van der Waals surface area contributed by atoms with Crippen molar-refractivity contribution >= 4 is 23.3 Å². The number of carbonyl (C=O) groups is 1. The lowest BCUT2D eigenvalue weighted by Crippen LogP contribution is -2.40. The maximum Gasteiger partial charge on any atom is 0.319 e. The topological polar surface area (TPSA) is 61.4 Å². The summed E-state index contributed by atoms with van der Waals surface area (Å²) in [5.74, 6) is 0. The molecule has 0 aliphatic carbocycles. The molecule has 0 aliphatic rings. The monoisotopic (exact) mass is 380 g/mol. The number of carbonyl (C=O) groups excluding carboxylic acids is 1. The molecule has 0 aliphatic heterocycles. The quantitative estimate of drug-likeness (QED) is 0.581. The zero-order valence-electron chi connectivity index (χ0n) is 14.9. The van der Waals surface area contributed by atoms with Crippen LogP contribution in [0.4, 0.5) is 10.5 Å². The van der Waals surface area contributed by atoms with E-state index in [1.807, 2.05) is 54.6 Å². The van der Waals surface area contributed by atoms with Crippen LogP contribution in [0, 0.1) is 0 Å². The molecule has 0 bridgehead atoms. The van der Waals surface area contributed by atoms with E-state index in [4.69, 9.17) is 11.6 Å². The van der Waals surface area contributed by atoms with Crippen molar-refractivity contribution in [2.75, 3.05) is 11.9 Å². The van der Waals surface area contributed by atoms with Crippen molar-refractivity contribution in [1.29, 1.82) is 0 Å². The Bertz CT molecular complexity index is 892.